The fourth-order valence-corrected chi connectivity index (χ4v) is 3.48. The summed E-state index contributed by atoms with van der Waals surface area (Å²) in [5.74, 6) is -3.29. The van der Waals surface area contributed by atoms with E-state index < -0.39 is 23.3 Å². The number of nitrogens with zero attached hydrogens (tertiary/aromatic N) is 6. The van der Waals surface area contributed by atoms with Crippen molar-refractivity contribution >= 4 is 0 Å². The molecule has 6 rings (SSSR count). The molecule has 0 aliphatic carbocycles. The van der Waals surface area contributed by atoms with Crippen LogP contribution in [0, 0.1) is 35.4 Å². The molecule has 0 unspecified atom stereocenters. The molecule has 0 aliphatic rings. The van der Waals surface area contributed by atoms with Crippen molar-refractivity contribution < 1.29 is 37.7 Å². The molecule has 39 heavy (non-hydrogen) atoms. The maximum Gasteiger partial charge on any atom is 0.153 e. The normalized spacial score (nSPS) is 10.4. The average molecular weight is 705 g/mol. The zero-order valence-electron chi connectivity index (χ0n) is 19.8. The van der Waals surface area contributed by atoms with Gasteiger partial charge < -0.3 is 0 Å². The standard InChI is InChI=1S/C16H7F4N2.C12H9N4.Ir/c17-9-4-5-11(12(19)6-9)14-2-1-3-15(22-14)16-13(20)7-10(18)8-21-16;1-4-11(15-8-2-6-13-15)10-12(5-1)16-9-3-7-14-16;/h1-4,6-8H;1-9H;/q2*-1;. The molecule has 0 saturated heterocycles. The number of benzene rings is 2. The molecule has 0 bridgehead atoms. The SMILES string of the molecule is Fc1c[c-]c(-c2cccc(-c3ncc(F)cc3F)n2)c(F)c1.[Ir].[c-]1c(-n2cccn2)cccc1-n1cccn1. The van der Waals surface area contributed by atoms with Gasteiger partial charge >= 0.3 is 0 Å². The van der Waals surface area contributed by atoms with Crippen molar-refractivity contribution in [3.63, 3.8) is 0 Å². The number of hydrogen-bond acceptors (Lipinski definition) is 4. The summed E-state index contributed by atoms with van der Waals surface area (Å²) < 4.78 is 56.8. The monoisotopic (exact) mass is 705 g/mol. The van der Waals surface area contributed by atoms with Gasteiger partial charge in [0.15, 0.2) is 5.82 Å². The van der Waals surface area contributed by atoms with Crippen LogP contribution in [-0.2, 0) is 20.1 Å². The van der Waals surface area contributed by atoms with Crippen molar-refractivity contribution in [2.45, 2.75) is 0 Å². The van der Waals surface area contributed by atoms with Crippen LogP contribution in [0.25, 0.3) is 34.0 Å². The molecule has 0 fully saturated rings. The molecule has 1 radical (unpaired) electrons. The van der Waals surface area contributed by atoms with Gasteiger partial charge in [-0.15, -0.1) is 30.3 Å². The Morgan fingerprint density at radius 1 is 0.692 bits per heavy atom. The van der Waals surface area contributed by atoms with Gasteiger partial charge in [0.05, 0.1) is 11.9 Å². The Bertz CT molecular complexity index is 1560. The molecule has 0 aliphatic heterocycles. The van der Waals surface area contributed by atoms with E-state index in [0.717, 1.165) is 23.6 Å². The van der Waals surface area contributed by atoms with E-state index in [9.17, 15) is 17.6 Å². The first-order chi connectivity index (χ1) is 18.5. The van der Waals surface area contributed by atoms with Crippen LogP contribution in [0.1, 0.15) is 0 Å². The first kappa shape index (κ1) is 27.6. The molecule has 6 nitrogen and oxygen atoms in total. The van der Waals surface area contributed by atoms with Crippen molar-refractivity contribution in [3.05, 3.63) is 133 Å². The van der Waals surface area contributed by atoms with Crippen LogP contribution in [0.2, 0.25) is 0 Å². The number of halogens is 4. The van der Waals surface area contributed by atoms with Crippen LogP contribution >= 0.6 is 0 Å². The third-order valence-electron chi connectivity index (χ3n) is 5.18. The van der Waals surface area contributed by atoms with Gasteiger partial charge in [-0.2, -0.15) is 16.3 Å². The molecule has 0 saturated carbocycles. The Kier molecular flexibility index (Phi) is 8.75. The topological polar surface area (TPSA) is 61.4 Å². The van der Waals surface area contributed by atoms with Crippen LogP contribution in [0.15, 0.2) is 97.7 Å². The van der Waals surface area contributed by atoms with Crippen molar-refractivity contribution in [2.24, 2.45) is 0 Å². The summed E-state index contributed by atoms with van der Waals surface area (Å²) in [6.45, 7) is 0. The summed E-state index contributed by atoms with van der Waals surface area (Å²) >= 11 is 0. The van der Waals surface area contributed by atoms with Gasteiger partial charge in [0.2, 0.25) is 0 Å². The predicted octanol–water partition coefficient (Wildman–Crippen LogP) is 6.02. The molecule has 4 heterocycles. The van der Waals surface area contributed by atoms with Crippen LogP contribution < -0.4 is 0 Å². The van der Waals surface area contributed by atoms with Crippen molar-refractivity contribution in [1.29, 1.82) is 0 Å². The van der Waals surface area contributed by atoms with Gasteiger partial charge in [0.25, 0.3) is 0 Å². The van der Waals surface area contributed by atoms with E-state index in [1.165, 1.54) is 18.2 Å². The van der Waals surface area contributed by atoms with Crippen LogP contribution in [0.4, 0.5) is 17.6 Å². The third kappa shape index (κ3) is 6.51. The molecule has 0 atom stereocenters. The van der Waals surface area contributed by atoms with Gasteiger partial charge in [-0.1, -0.05) is 23.8 Å². The maximum absolute atomic E-state index is 13.8. The second kappa shape index (κ2) is 12.4. The molecule has 6 aromatic rings. The van der Waals surface area contributed by atoms with E-state index in [0.29, 0.717) is 12.1 Å². The van der Waals surface area contributed by atoms with E-state index in [-0.39, 0.29) is 42.8 Å². The molecule has 197 valence electrons. The van der Waals surface area contributed by atoms with Gasteiger partial charge in [-0.3, -0.25) is 23.1 Å². The van der Waals surface area contributed by atoms with Crippen molar-refractivity contribution in [2.75, 3.05) is 0 Å². The smallest absolute Gasteiger partial charge is 0.153 e. The van der Waals surface area contributed by atoms with Gasteiger partial charge in [-0.05, 0) is 35.3 Å². The predicted molar refractivity (Wildman–Crippen MR) is 131 cm³/mol. The molecule has 4 aromatic heterocycles. The van der Waals surface area contributed by atoms with Gasteiger partial charge in [0.1, 0.15) is 11.5 Å². The zero-order chi connectivity index (χ0) is 26.5. The van der Waals surface area contributed by atoms with Crippen molar-refractivity contribution in [1.82, 2.24) is 29.5 Å². The van der Waals surface area contributed by atoms with Crippen LogP contribution in [-0.4, -0.2) is 29.5 Å². The molecule has 0 N–H and O–H groups in total. The largest absolute Gasteiger partial charge is 0.294 e. The Hall–Kier alpha value is -4.47. The van der Waals surface area contributed by atoms with E-state index in [2.05, 4.69) is 32.3 Å². The van der Waals surface area contributed by atoms with Crippen molar-refractivity contribution in [3.8, 4) is 34.0 Å². The molecule has 2 aromatic carbocycles. The number of hydrogen-bond donors (Lipinski definition) is 0. The van der Waals surface area contributed by atoms with Gasteiger partial charge in [0, 0.05) is 62.6 Å². The number of pyridine rings is 2. The first-order valence-electron chi connectivity index (χ1n) is 11.2. The summed E-state index contributed by atoms with van der Waals surface area (Å²) in [6.07, 6.45) is 8.12. The minimum absolute atomic E-state index is 0. The Balaban J connectivity index is 0.000000184. The quantitative estimate of drug-likeness (QED) is 0.166. The zero-order valence-corrected chi connectivity index (χ0v) is 22.2. The first-order valence-corrected chi connectivity index (χ1v) is 11.2. The Labute approximate surface area is 234 Å². The maximum atomic E-state index is 13.8. The van der Waals surface area contributed by atoms with E-state index >= 15 is 0 Å². The fourth-order valence-electron chi connectivity index (χ4n) is 3.48. The van der Waals surface area contributed by atoms with Gasteiger partial charge in [-0.25, -0.2) is 13.8 Å². The average Bonchev–Trinajstić information content (AvgIpc) is 3.65. The van der Waals surface area contributed by atoms with E-state index in [1.54, 1.807) is 21.8 Å². The summed E-state index contributed by atoms with van der Waals surface area (Å²) in [7, 11) is 0. The second-order valence-corrected chi connectivity index (χ2v) is 7.76. The number of aromatic nitrogens is 6. The van der Waals surface area contributed by atoms with E-state index in [1.807, 2.05) is 42.7 Å². The molecule has 11 heteroatoms. The Morgan fingerprint density at radius 2 is 1.31 bits per heavy atom. The summed E-state index contributed by atoms with van der Waals surface area (Å²) in [4.78, 5) is 7.72. The molecule has 0 amide bonds. The molecule has 0 spiro atoms. The summed E-state index contributed by atoms with van der Waals surface area (Å²) in [6, 6.07) is 22.1. The Morgan fingerprint density at radius 3 is 1.90 bits per heavy atom. The summed E-state index contributed by atoms with van der Waals surface area (Å²) in [5.41, 5.74) is 1.83. The summed E-state index contributed by atoms with van der Waals surface area (Å²) in [5, 5.41) is 8.33. The minimum Gasteiger partial charge on any atom is -0.294 e. The van der Waals surface area contributed by atoms with Crippen LogP contribution in [0.5, 0.6) is 0 Å². The number of rotatable bonds is 4. The molecular formula is C28H16F4IrN6-2. The third-order valence-corrected chi connectivity index (χ3v) is 5.18. The second-order valence-electron chi connectivity index (χ2n) is 7.76. The van der Waals surface area contributed by atoms with Crippen LogP contribution in [0.3, 0.4) is 0 Å². The van der Waals surface area contributed by atoms with E-state index in [4.69, 9.17) is 0 Å². The minimum atomic E-state index is -0.881. The fraction of sp³-hybridized carbons (Fsp3) is 0. The molecular weight excluding hydrogens is 689 g/mol.